The maximum atomic E-state index is 10.0. The highest BCUT2D eigenvalue weighted by atomic mass is 32.1. The predicted molar refractivity (Wildman–Crippen MR) is 76.9 cm³/mol. The van der Waals surface area contributed by atoms with Gasteiger partial charge in [0.25, 0.3) is 0 Å². The third kappa shape index (κ3) is 3.42. The molecule has 3 heteroatoms. The molecule has 0 amide bonds. The average molecular weight is 261 g/mol. The fourth-order valence-corrected chi connectivity index (χ4v) is 2.94. The molecular formula is C15H19NOS. The third-order valence-electron chi connectivity index (χ3n) is 2.98. The second-order valence-electron chi connectivity index (χ2n) is 4.50. The molecule has 0 saturated heterocycles. The molecule has 1 heterocycles. The Bertz CT molecular complexity index is 492. The van der Waals surface area contributed by atoms with Gasteiger partial charge in [-0.05, 0) is 31.0 Å². The molecule has 1 unspecified atom stereocenters. The number of rotatable bonds is 5. The van der Waals surface area contributed by atoms with Gasteiger partial charge in [-0.2, -0.15) is 0 Å². The molecule has 0 fully saturated rings. The summed E-state index contributed by atoms with van der Waals surface area (Å²) in [6.45, 7) is 5.67. The lowest BCUT2D eigenvalue weighted by atomic mass is 10.1. The average Bonchev–Trinajstić information content (AvgIpc) is 2.69. The summed E-state index contributed by atoms with van der Waals surface area (Å²) in [6.07, 6.45) is -0.439. The first kappa shape index (κ1) is 13.3. The number of benzene rings is 1. The highest BCUT2D eigenvalue weighted by Gasteiger charge is 2.07. The highest BCUT2D eigenvalue weighted by molar-refractivity contribution is 7.12. The lowest BCUT2D eigenvalue weighted by Gasteiger charge is -2.12. The van der Waals surface area contributed by atoms with E-state index in [-0.39, 0.29) is 0 Å². The molecule has 0 radical (unpaired) electrons. The van der Waals surface area contributed by atoms with Crippen LogP contribution in [0, 0.1) is 13.8 Å². The van der Waals surface area contributed by atoms with Crippen LogP contribution in [-0.4, -0.2) is 11.7 Å². The van der Waals surface area contributed by atoms with Crippen LogP contribution in [0.25, 0.3) is 0 Å². The summed E-state index contributed by atoms with van der Waals surface area (Å²) < 4.78 is 0. The van der Waals surface area contributed by atoms with Gasteiger partial charge in [-0.15, -0.1) is 11.3 Å². The van der Waals surface area contributed by atoms with Gasteiger partial charge in [0.15, 0.2) is 0 Å². The fourth-order valence-electron chi connectivity index (χ4n) is 2.00. The van der Waals surface area contributed by atoms with E-state index >= 15 is 0 Å². The molecule has 1 atom stereocenters. The Morgan fingerprint density at radius 2 is 1.94 bits per heavy atom. The molecule has 1 aromatic heterocycles. The minimum atomic E-state index is -0.439. The van der Waals surface area contributed by atoms with Crippen molar-refractivity contribution in [3.05, 3.63) is 57.3 Å². The normalized spacial score (nSPS) is 12.6. The van der Waals surface area contributed by atoms with E-state index < -0.39 is 6.10 Å². The van der Waals surface area contributed by atoms with Gasteiger partial charge < -0.3 is 10.4 Å². The molecular weight excluding hydrogens is 242 g/mol. The lowest BCUT2D eigenvalue weighted by Crippen LogP contribution is -2.21. The minimum absolute atomic E-state index is 0.439. The van der Waals surface area contributed by atoms with Crippen molar-refractivity contribution < 1.29 is 5.11 Å². The first-order valence-corrected chi connectivity index (χ1v) is 6.98. The van der Waals surface area contributed by atoms with Crippen molar-refractivity contribution in [2.45, 2.75) is 26.5 Å². The van der Waals surface area contributed by atoms with Gasteiger partial charge in [-0.3, -0.25) is 0 Å². The van der Waals surface area contributed by atoms with E-state index in [0.717, 1.165) is 12.1 Å². The number of nitrogens with one attached hydrogen (secondary N) is 1. The van der Waals surface area contributed by atoms with Crippen LogP contribution < -0.4 is 5.32 Å². The zero-order valence-corrected chi connectivity index (χ0v) is 11.6. The van der Waals surface area contributed by atoms with Crippen molar-refractivity contribution in [3.8, 4) is 0 Å². The van der Waals surface area contributed by atoms with Gasteiger partial charge in [0.1, 0.15) is 0 Å². The summed E-state index contributed by atoms with van der Waals surface area (Å²) in [5, 5.41) is 13.3. The van der Waals surface area contributed by atoms with Crippen LogP contribution in [0.15, 0.2) is 36.4 Å². The van der Waals surface area contributed by atoms with Gasteiger partial charge in [0, 0.05) is 22.8 Å². The Morgan fingerprint density at radius 3 is 2.56 bits per heavy atom. The Balaban J connectivity index is 1.84. The fraction of sp³-hybridized carbons (Fsp3) is 0.333. The van der Waals surface area contributed by atoms with Crippen molar-refractivity contribution in [3.63, 3.8) is 0 Å². The molecule has 2 N–H and O–H groups in total. The van der Waals surface area contributed by atoms with E-state index in [0.29, 0.717) is 6.54 Å². The molecule has 2 nitrogen and oxygen atoms in total. The molecule has 0 saturated carbocycles. The number of aliphatic hydroxyl groups excluding tert-OH is 1. The second-order valence-corrected chi connectivity index (χ2v) is 5.96. The number of aliphatic hydroxyl groups is 1. The standard InChI is InChI=1S/C15H19NOS/c1-11-8-14(12(2)18-11)9-16-10-15(17)13-6-4-3-5-7-13/h3-8,15-17H,9-10H2,1-2H3. The molecule has 0 aliphatic carbocycles. The van der Waals surface area contributed by atoms with Gasteiger partial charge >= 0.3 is 0 Å². The zero-order valence-electron chi connectivity index (χ0n) is 10.8. The van der Waals surface area contributed by atoms with Crippen molar-refractivity contribution in [2.24, 2.45) is 0 Å². The van der Waals surface area contributed by atoms with E-state index in [4.69, 9.17) is 0 Å². The molecule has 0 aliphatic rings. The van der Waals surface area contributed by atoms with Crippen molar-refractivity contribution >= 4 is 11.3 Å². The van der Waals surface area contributed by atoms with E-state index in [1.807, 2.05) is 41.7 Å². The van der Waals surface area contributed by atoms with E-state index in [1.54, 1.807) is 0 Å². The van der Waals surface area contributed by atoms with Crippen LogP contribution in [0.5, 0.6) is 0 Å². The summed E-state index contributed by atoms with van der Waals surface area (Å²) >= 11 is 1.82. The van der Waals surface area contributed by atoms with Crippen LogP contribution in [0.4, 0.5) is 0 Å². The second kappa shape index (κ2) is 6.14. The first-order chi connectivity index (χ1) is 8.66. The summed E-state index contributed by atoms with van der Waals surface area (Å²) in [5.74, 6) is 0. The number of hydrogen-bond acceptors (Lipinski definition) is 3. The van der Waals surface area contributed by atoms with E-state index in [1.165, 1.54) is 15.3 Å². The van der Waals surface area contributed by atoms with Crippen LogP contribution in [0.3, 0.4) is 0 Å². The van der Waals surface area contributed by atoms with Crippen LogP contribution in [-0.2, 0) is 6.54 Å². The minimum Gasteiger partial charge on any atom is -0.387 e. The Kier molecular flexibility index (Phi) is 4.53. The maximum Gasteiger partial charge on any atom is 0.0914 e. The van der Waals surface area contributed by atoms with Gasteiger partial charge in [0.05, 0.1) is 6.10 Å². The summed E-state index contributed by atoms with van der Waals surface area (Å²) in [5.41, 5.74) is 2.29. The summed E-state index contributed by atoms with van der Waals surface area (Å²) in [6, 6.07) is 12.0. The zero-order chi connectivity index (χ0) is 13.0. The summed E-state index contributed by atoms with van der Waals surface area (Å²) in [4.78, 5) is 2.70. The van der Waals surface area contributed by atoms with Gasteiger partial charge in [0.2, 0.25) is 0 Å². The number of hydrogen-bond donors (Lipinski definition) is 2. The van der Waals surface area contributed by atoms with Crippen molar-refractivity contribution in [1.82, 2.24) is 5.32 Å². The maximum absolute atomic E-state index is 10.0. The Labute approximate surface area is 112 Å². The molecule has 2 aromatic rings. The molecule has 96 valence electrons. The van der Waals surface area contributed by atoms with E-state index in [2.05, 4.69) is 25.2 Å². The first-order valence-electron chi connectivity index (χ1n) is 6.16. The van der Waals surface area contributed by atoms with Crippen LogP contribution in [0.1, 0.15) is 27.0 Å². The third-order valence-corrected chi connectivity index (χ3v) is 3.99. The quantitative estimate of drug-likeness (QED) is 0.866. The molecule has 1 aromatic carbocycles. The summed E-state index contributed by atoms with van der Waals surface area (Å²) in [7, 11) is 0. The molecule has 0 spiro atoms. The predicted octanol–water partition coefficient (Wildman–Crippen LogP) is 3.19. The highest BCUT2D eigenvalue weighted by Crippen LogP contribution is 2.20. The van der Waals surface area contributed by atoms with Crippen LogP contribution in [0.2, 0.25) is 0 Å². The number of aryl methyl sites for hydroxylation is 2. The molecule has 0 aliphatic heterocycles. The topological polar surface area (TPSA) is 32.3 Å². The number of thiophene rings is 1. The smallest absolute Gasteiger partial charge is 0.0914 e. The largest absolute Gasteiger partial charge is 0.387 e. The molecule has 18 heavy (non-hydrogen) atoms. The molecule has 2 rings (SSSR count). The van der Waals surface area contributed by atoms with Crippen LogP contribution >= 0.6 is 11.3 Å². The Hall–Kier alpha value is -1.16. The van der Waals surface area contributed by atoms with Gasteiger partial charge in [-0.25, -0.2) is 0 Å². The molecule has 0 bridgehead atoms. The van der Waals surface area contributed by atoms with Gasteiger partial charge in [-0.1, -0.05) is 30.3 Å². The monoisotopic (exact) mass is 261 g/mol. The lowest BCUT2D eigenvalue weighted by molar-refractivity contribution is 0.174. The van der Waals surface area contributed by atoms with Crippen molar-refractivity contribution in [2.75, 3.05) is 6.54 Å². The van der Waals surface area contributed by atoms with Crippen molar-refractivity contribution in [1.29, 1.82) is 0 Å². The van der Waals surface area contributed by atoms with E-state index in [9.17, 15) is 5.11 Å². The SMILES string of the molecule is Cc1cc(CNCC(O)c2ccccc2)c(C)s1. The Morgan fingerprint density at radius 1 is 1.22 bits per heavy atom.